The van der Waals surface area contributed by atoms with E-state index in [0.29, 0.717) is 5.75 Å². The van der Waals surface area contributed by atoms with Gasteiger partial charge in [-0.05, 0) is 42.0 Å². The second-order valence-electron chi connectivity index (χ2n) is 5.19. The third kappa shape index (κ3) is 2.06. The van der Waals surface area contributed by atoms with Crippen LogP contribution in [0.15, 0.2) is 54.9 Å². The second-order valence-corrected chi connectivity index (χ2v) is 5.63. The standard InChI is InChI=1S/C17H13ClN2O/c18-13-1-3-15-12(9-19-16(15)8-13)10-20-6-5-11-7-14(21)2-4-17(11)20/h1-9,19,21H,10H2. The molecule has 0 aliphatic heterocycles. The van der Waals surface area contributed by atoms with Crippen molar-refractivity contribution in [2.24, 2.45) is 0 Å². The minimum Gasteiger partial charge on any atom is -0.508 e. The second kappa shape index (κ2) is 4.57. The van der Waals surface area contributed by atoms with Gasteiger partial charge in [0.15, 0.2) is 0 Å². The lowest BCUT2D eigenvalue weighted by Gasteiger charge is -2.05. The van der Waals surface area contributed by atoms with E-state index >= 15 is 0 Å². The van der Waals surface area contributed by atoms with Crippen molar-refractivity contribution < 1.29 is 5.11 Å². The minimum absolute atomic E-state index is 0.294. The van der Waals surface area contributed by atoms with Gasteiger partial charge < -0.3 is 14.7 Å². The van der Waals surface area contributed by atoms with Crippen molar-refractivity contribution in [3.63, 3.8) is 0 Å². The van der Waals surface area contributed by atoms with E-state index in [1.807, 2.05) is 42.7 Å². The molecule has 0 bridgehead atoms. The number of phenolic OH excluding ortho intramolecular Hbond substituents is 1. The van der Waals surface area contributed by atoms with Gasteiger partial charge >= 0.3 is 0 Å². The molecule has 0 radical (unpaired) electrons. The Morgan fingerprint density at radius 2 is 2.00 bits per heavy atom. The summed E-state index contributed by atoms with van der Waals surface area (Å²) in [7, 11) is 0. The summed E-state index contributed by atoms with van der Waals surface area (Å²) in [5.41, 5.74) is 3.37. The highest BCUT2D eigenvalue weighted by Gasteiger charge is 2.07. The molecule has 4 aromatic rings. The number of rotatable bonds is 2. The lowest BCUT2D eigenvalue weighted by Crippen LogP contribution is -1.96. The van der Waals surface area contributed by atoms with Gasteiger partial charge in [0.2, 0.25) is 0 Å². The predicted molar refractivity (Wildman–Crippen MR) is 86.0 cm³/mol. The molecule has 0 atom stereocenters. The normalized spacial score (nSPS) is 11.5. The fraction of sp³-hybridized carbons (Fsp3) is 0.0588. The molecule has 0 saturated carbocycles. The summed E-state index contributed by atoms with van der Waals surface area (Å²) >= 11 is 6.01. The zero-order valence-electron chi connectivity index (χ0n) is 11.2. The lowest BCUT2D eigenvalue weighted by atomic mass is 10.1. The van der Waals surface area contributed by atoms with Crippen LogP contribution in [0, 0.1) is 0 Å². The zero-order valence-corrected chi connectivity index (χ0v) is 11.9. The van der Waals surface area contributed by atoms with Crippen molar-refractivity contribution in [3.8, 4) is 5.75 Å². The Labute approximate surface area is 126 Å². The Morgan fingerprint density at radius 3 is 2.90 bits per heavy atom. The first-order valence-electron chi connectivity index (χ1n) is 6.74. The number of fused-ring (bicyclic) bond motifs is 2. The molecule has 0 unspecified atom stereocenters. The van der Waals surface area contributed by atoms with E-state index in [0.717, 1.165) is 28.0 Å². The van der Waals surface area contributed by atoms with Crippen LogP contribution in [-0.2, 0) is 6.54 Å². The maximum Gasteiger partial charge on any atom is 0.116 e. The summed E-state index contributed by atoms with van der Waals surface area (Å²) in [6, 6.07) is 13.3. The van der Waals surface area contributed by atoms with Crippen molar-refractivity contribution in [3.05, 3.63) is 65.4 Å². The number of hydrogen-bond acceptors (Lipinski definition) is 1. The fourth-order valence-electron chi connectivity index (χ4n) is 2.80. The quantitative estimate of drug-likeness (QED) is 0.560. The summed E-state index contributed by atoms with van der Waals surface area (Å²) in [5, 5.41) is 12.5. The molecule has 0 fully saturated rings. The number of aromatic amines is 1. The average Bonchev–Trinajstić information content (AvgIpc) is 3.03. The maximum absolute atomic E-state index is 9.54. The van der Waals surface area contributed by atoms with Gasteiger partial charge in [-0.3, -0.25) is 0 Å². The van der Waals surface area contributed by atoms with E-state index < -0.39 is 0 Å². The Bertz CT molecular complexity index is 874. The van der Waals surface area contributed by atoms with E-state index in [1.165, 1.54) is 10.9 Å². The van der Waals surface area contributed by atoms with Gasteiger partial charge in [0.1, 0.15) is 5.75 Å². The fourth-order valence-corrected chi connectivity index (χ4v) is 2.97. The van der Waals surface area contributed by atoms with E-state index in [-0.39, 0.29) is 0 Å². The monoisotopic (exact) mass is 296 g/mol. The molecule has 0 aliphatic carbocycles. The van der Waals surface area contributed by atoms with Crippen LogP contribution in [0.25, 0.3) is 21.8 Å². The molecular weight excluding hydrogens is 284 g/mol. The number of nitrogens with zero attached hydrogens (tertiary/aromatic N) is 1. The van der Waals surface area contributed by atoms with E-state index in [4.69, 9.17) is 11.6 Å². The van der Waals surface area contributed by atoms with Crippen molar-refractivity contribution >= 4 is 33.4 Å². The molecule has 0 saturated heterocycles. The van der Waals surface area contributed by atoms with Crippen LogP contribution in [0.3, 0.4) is 0 Å². The SMILES string of the molecule is Oc1ccc2c(ccn2Cc2c[nH]c3cc(Cl)ccc23)c1. The smallest absolute Gasteiger partial charge is 0.116 e. The summed E-state index contributed by atoms with van der Waals surface area (Å²) in [6.45, 7) is 0.774. The molecule has 2 N–H and O–H groups in total. The molecule has 21 heavy (non-hydrogen) atoms. The molecular formula is C17H13ClN2O. The Hall–Kier alpha value is -2.39. The summed E-state index contributed by atoms with van der Waals surface area (Å²) in [4.78, 5) is 3.26. The number of aromatic nitrogens is 2. The average molecular weight is 297 g/mol. The van der Waals surface area contributed by atoms with Crippen molar-refractivity contribution in [2.75, 3.05) is 0 Å². The highest BCUT2D eigenvalue weighted by atomic mass is 35.5. The Morgan fingerprint density at radius 1 is 1.10 bits per heavy atom. The van der Waals surface area contributed by atoms with Crippen molar-refractivity contribution in [2.45, 2.75) is 6.54 Å². The summed E-state index contributed by atoms with van der Waals surface area (Å²) in [6.07, 6.45) is 4.06. The number of H-pyrrole nitrogens is 1. The van der Waals surface area contributed by atoms with Gasteiger partial charge in [-0.25, -0.2) is 0 Å². The highest BCUT2D eigenvalue weighted by molar-refractivity contribution is 6.31. The van der Waals surface area contributed by atoms with Crippen LogP contribution >= 0.6 is 11.6 Å². The molecule has 2 aromatic carbocycles. The van der Waals surface area contributed by atoms with Gasteiger partial charge in [0.05, 0.1) is 0 Å². The molecule has 3 nitrogen and oxygen atoms in total. The lowest BCUT2D eigenvalue weighted by molar-refractivity contribution is 0.476. The first-order chi connectivity index (χ1) is 10.2. The molecule has 0 aliphatic rings. The van der Waals surface area contributed by atoms with Crippen LogP contribution in [-0.4, -0.2) is 14.7 Å². The van der Waals surface area contributed by atoms with E-state index in [1.54, 1.807) is 12.1 Å². The third-order valence-electron chi connectivity index (χ3n) is 3.82. The Kier molecular flexibility index (Phi) is 2.69. The number of phenols is 1. The zero-order chi connectivity index (χ0) is 14.4. The number of benzene rings is 2. The van der Waals surface area contributed by atoms with Crippen LogP contribution in [0.2, 0.25) is 5.02 Å². The molecule has 4 rings (SSSR count). The largest absolute Gasteiger partial charge is 0.508 e. The molecule has 2 heterocycles. The molecule has 2 aromatic heterocycles. The summed E-state index contributed by atoms with van der Waals surface area (Å²) in [5.74, 6) is 0.294. The van der Waals surface area contributed by atoms with Crippen LogP contribution < -0.4 is 0 Å². The van der Waals surface area contributed by atoms with E-state index in [9.17, 15) is 5.11 Å². The Balaban J connectivity index is 1.79. The minimum atomic E-state index is 0.294. The number of nitrogens with one attached hydrogen (secondary N) is 1. The van der Waals surface area contributed by atoms with Gasteiger partial charge in [0.25, 0.3) is 0 Å². The molecule has 4 heteroatoms. The van der Waals surface area contributed by atoms with Gasteiger partial charge in [0, 0.05) is 45.8 Å². The van der Waals surface area contributed by atoms with Crippen molar-refractivity contribution in [1.82, 2.24) is 9.55 Å². The number of halogens is 1. The van der Waals surface area contributed by atoms with Gasteiger partial charge in [-0.1, -0.05) is 17.7 Å². The van der Waals surface area contributed by atoms with Crippen LogP contribution in [0.4, 0.5) is 0 Å². The third-order valence-corrected chi connectivity index (χ3v) is 4.06. The first-order valence-corrected chi connectivity index (χ1v) is 7.12. The molecule has 0 amide bonds. The topological polar surface area (TPSA) is 41.0 Å². The molecule has 0 spiro atoms. The predicted octanol–water partition coefficient (Wildman–Crippen LogP) is 4.53. The maximum atomic E-state index is 9.54. The highest BCUT2D eigenvalue weighted by Crippen LogP contribution is 2.25. The number of aromatic hydroxyl groups is 1. The van der Waals surface area contributed by atoms with Gasteiger partial charge in [-0.15, -0.1) is 0 Å². The van der Waals surface area contributed by atoms with E-state index in [2.05, 4.69) is 9.55 Å². The van der Waals surface area contributed by atoms with Crippen LogP contribution in [0.1, 0.15) is 5.56 Å². The van der Waals surface area contributed by atoms with Crippen LogP contribution in [0.5, 0.6) is 5.75 Å². The van der Waals surface area contributed by atoms with Crippen molar-refractivity contribution in [1.29, 1.82) is 0 Å². The van der Waals surface area contributed by atoms with Gasteiger partial charge in [-0.2, -0.15) is 0 Å². The first kappa shape index (κ1) is 12.4. The molecule has 104 valence electrons. The number of hydrogen-bond donors (Lipinski definition) is 2. The summed E-state index contributed by atoms with van der Waals surface area (Å²) < 4.78 is 2.17.